The Balaban J connectivity index is 2.17. The van der Waals surface area contributed by atoms with E-state index in [9.17, 15) is 4.79 Å². The number of anilines is 3. The van der Waals surface area contributed by atoms with Gasteiger partial charge in [-0.25, -0.2) is 0 Å². The van der Waals surface area contributed by atoms with Gasteiger partial charge in [0.05, 0.1) is 46.9 Å². The molecule has 3 rings (SSSR count). The zero-order valence-electron chi connectivity index (χ0n) is 11.8. The van der Waals surface area contributed by atoms with Gasteiger partial charge in [0.1, 0.15) is 0 Å². The summed E-state index contributed by atoms with van der Waals surface area (Å²) >= 11 is 12.0. The fourth-order valence-corrected chi connectivity index (χ4v) is 2.59. The van der Waals surface area contributed by atoms with Crippen molar-refractivity contribution < 1.29 is 14.3 Å². The molecule has 0 saturated heterocycles. The van der Waals surface area contributed by atoms with E-state index in [0.29, 0.717) is 44.2 Å². The second-order valence-corrected chi connectivity index (χ2v) is 5.46. The summed E-state index contributed by atoms with van der Waals surface area (Å²) in [7, 11) is 3.05. The first-order valence-corrected chi connectivity index (χ1v) is 7.12. The normalized spacial score (nSPS) is 12.5. The summed E-state index contributed by atoms with van der Waals surface area (Å²) in [5, 5.41) is 6.72. The van der Waals surface area contributed by atoms with E-state index >= 15 is 0 Å². The molecule has 0 radical (unpaired) electrons. The molecule has 0 fully saturated rings. The van der Waals surface area contributed by atoms with Crippen molar-refractivity contribution in [3.63, 3.8) is 0 Å². The van der Waals surface area contributed by atoms with Crippen LogP contribution in [-0.4, -0.2) is 20.1 Å². The maximum atomic E-state index is 12.4. The highest BCUT2D eigenvalue weighted by molar-refractivity contribution is 6.42. The van der Waals surface area contributed by atoms with Gasteiger partial charge >= 0.3 is 0 Å². The lowest BCUT2D eigenvalue weighted by Crippen LogP contribution is -2.11. The molecular weight excluding hydrogens is 327 g/mol. The Labute approximate surface area is 137 Å². The first kappa shape index (κ1) is 14.8. The van der Waals surface area contributed by atoms with Crippen molar-refractivity contribution in [2.75, 3.05) is 24.9 Å². The number of hydrogen-bond donors (Lipinski definition) is 2. The predicted octanol–water partition coefficient (Wildman–Crippen LogP) is 4.32. The van der Waals surface area contributed by atoms with Gasteiger partial charge in [0, 0.05) is 6.07 Å². The van der Waals surface area contributed by atoms with Crippen molar-refractivity contribution in [3.05, 3.63) is 39.9 Å². The van der Waals surface area contributed by atoms with E-state index in [1.165, 1.54) is 14.2 Å². The number of carbonyl (C=O) groups excluding carboxylic acids is 1. The number of methoxy groups -OCH3 is 2. The highest BCUT2D eigenvalue weighted by Gasteiger charge is 2.22. The Morgan fingerprint density at radius 3 is 1.95 bits per heavy atom. The molecule has 1 aliphatic rings. The second kappa shape index (κ2) is 5.59. The molecule has 1 heterocycles. The number of benzene rings is 2. The van der Waals surface area contributed by atoms with Crippen LogP contribution >= 0.6 is 23.2 Å². The minimum Gasteiger partial charge on any atom is -0.493 e. The molecule has 2 aromatic rings. The van der Waals surface area contributed by atoms with Crippen LogP contribution in [0.3, 0.4) is 0 Å². The molecule has 2 aromatic carbocycles. The Morgan fingerprint density at radius 2 is 1.36 bits per heavy atom. The van der Waals surface area contributed by atoms with E-state index < -0.39 is 0 Å². The maximum absolute atomic E-state index is 12.4. The van der Waals surface area contributed by atoms with Gasteiger partial charge in [-0.05, 0) is 18.2 Å². The van der Waals surface area contributed by atoms with Crippen LogP contribution < -0.4 is 20.1 Å². The van der Waals surface area contributed by atoms with Crippen LogP contribution in [0.1, 0.15) is 10.4 Å². The summed E-state index contributed by atoms with van der Waals surface area (Å²) in [4.78, 5) is 12.4. The monoisotopic (exact) mass is 338 g/mol. The number of ether oxygens (including phenoxy) is 2. The molecular formula is C15H12Cl2N2O3. The van der Waals surface area contributed by atoms with Crippen LogP contribution in [0.2, 0.25) is 10.0 Å². The lowest BCUT2D eigenvalue weighted by molar-refractivity contribution is 0.102. The van der Waals surface area contributed by atoms with Gasteiger partial charge in [-0.2, -0.15) is 0 Å². The fourth-order valence-electron chi connectivity index (χ4n) is 2.26. The molecule has 0 aliphatic carbocycles. The molecule has 2 N–H and O–H groups in total. The molecule has 5 nitrogen and oxygen atoms in total. The zero-order valence-corrected chi connectivity index (χ0v) is 13.3. The fraction of sp³-hybridized carbons (Fsp3) is 0.133. The summed E-state index contributed by atoms with van der Waals surface area (Å²) in [6.45, 7) is 0. The Kier molecular flexibility index (Phi) is 3.76. The molecule has 0 saturated carbocycles. The third kappa shape index (κ3) is 2.42. The first-order valence-electron chi connectivity index (χ1n) is 6.37. The molecule has 0 aromatic heterocycles. The van der Waals surface area contributed by atoms with Crippen molar-refractivity contribution in [3.8, 4) is 11.5 Å². The Bertz CT molecular complexity index is 778. The summed E-state index contributed by atoms with van der Waals surface area (Å²) in [6, 6.07) is 6.58. The molecule has 0 atom stereocenters. The van der Waals surface area contributed by atoms with Crippen molar-refractivity contribution in [1.29, 1.82) is 0 Å². The lowest BCUT2D eigenvalue weighted by Gasteiger charge is -2.13. The molecule has 0 unspecified atom stereocenters. The van der Waals surface area contributed by atoms with Crippen molar-refractivity contribution in [1.82, 2.24) is 0 Å². The van der Waals surface area contributed by atoms with E-state index in [4.69, 9.17) is 32.7 Å². The minimum absolute atomic E-state index is 0.277. The topological polar surface area (TPSA) is 59.6 Å². The number of nitrogens with one attached hydrogen (secondary N) is 2. The minimum atomic E-state index is -0.277. The Hall–Kier alpha value is -2.11. The molecule has 7 heteroatoms. The van der Waals surface area contributed by atoms with Crippen LogP contribution in [-0.2, 0) is 0 Å². The van der Waals surface area contributed by atoms with Crippen LogP contribution in [0.5, 0.6) is 11.5 Å². The van der Waals surface area contributed by atoms with E-state index in [2.05, 4.69) is 10.6 Å². The van der Waals surface area contributed by atoms with Gasteiger partial charge in [-0.15, -0.1) is 0 Å². The van der Waals surface area contributed by atoms with Gasteiger partial charge < -0.3 is 20.1 Å². The van der Waals surface area contributed by atoms with E-state index in [1.807, 2.05) is 0 Å². The highest BCUT2D eigenvalue weighted by atomic mass is 35.5. The van der Waals surface area contributed by atoms with Crippen LogP contribution in [0.15, 0.2) is 24.3 Å². The number of hydrogen-bond acceptors (Lipinski definition) is 4. The van der Waals surface area contributed by atoms with Crippen molar-refractivity contribution >= 4 is 46.2 Å². The molecule has 114 valence electrons. The molecule has 0 spiro atoms. The standard InChI is InChI=1S/C15H12Cl2N2O3/c1-21-13-3-7-10(6-14(13)22-2)18-11-4-8(16)9(17)5-12(11)19-15(7)20/h3-6,18H,1-2H3,(H,19,20). The average Bonchev–Trinajstić information content (AvgIpc) is 2.63. The lowest BCUT2D eigenvalue weighted by atomic mass is 10.1. The van der Waals surface area contributed by atoms with E-state index in [0.717, 1.165) is 0 Å². The van der Waals surface area contributed by atoms with Gasteiger partial charge in [-0.1, -0.05) is 23.2 Å². The van der Waals surface area contributed by atoms with Gasteiger partial charge in [0.15, 0.2) is 11.5 Å². The predicted molar refractivity (Wildman–Crippen MR) is 87.2 cm³/mol. The molecule has 1 amide bonds. The summed E-state index contributed by atoms with van der Waals surface area (Å²) in [5.41, 5.74) is 2.22. The number of halogens is 2. The second-order valence-electron chi connectivity index (χ2n) is 4.64. The largest absolute Gasteiger partial charge is 0.493 e. The van der Waals surface area contributed by atoms with Crippen LogP contribution in [0.4, 0.5) is 17.1 Å². The van der Waals surface area contributed by atoms with Crippen molar-refractivity contribution in [2.45, 2.75) is 0 Å². The van der Waals surface area contributed by atoms with Crippen LogP contribution in [0, 0.1) is 0 Å². The molecule has 22 heavy (non-hydrogen) atoms. The summed E-state index contributed by atoms with van der Waals surface area (Å²) in [6.07, 6.45) is 0. The number of fused-ring (bicyclic) bond motifs is 2. The third-order valence-electron chi connectivity index (χ3n) is 3.35. The smallest absolute Gasteiger partial charge is 0.257 e. The SMILES string of the molecule is COc1cc2c(cc1OC)C(=O)Nc1cc(Cl)c(Cl)cc1N2. The van der Waals surface area contributed by atoms with E-state index in [1.54, 1.807) is 24.3 Å². The van der Waals surface area contributed by atoms with Gasteiger partial charge in [0.2, 0.25) is 0 Å². The number of amides is 1. The quantitative estimate of drug-likeness (QED) is 0.855. The van der Waals surface area contributed by atoms with Gasteiger partial charge in [0.25, 0.3) is 5.91 Å². The summed E-state index contributed by atoms with van der Waals surface area (Å²) < 4.78 is 10.5. The van der Waals surface area contributed by atoms with Crippen LogP contribution in [0.25, 0.3) is 0 Å². The zero-order chi connectivity index (χ0) is 15.9. The first-order chi connectivity index (χ1) is 10.5. The summed E-state index contributed by atoms with van der Waals surface area (Å²) in [5.74, 6) is 0.714. The molecule has 1 aliphatic heterocycles. The van der Waals surface area contributed by atoms with Crippen molar-refractivity contribution in [2.24, 2.45) is 0 Å². The highest BCUT2D eigenvalue weighted by Crippen LogP contribution is 2.41. The third-order valence-corrected chi connectivity index (χ3v) is 4.07. The average molecular weight is 339 g/mol. The Morgan fingerprint density at radius 1 is 0.818 bits per heavy atom. The van der Waals surface area contributed by atoms with E-state index in [-0.39, 0.29) is 5.91 Å². The number of carbonyl (C=O) groups is 1. The maximum Gasteiger partial charge on any atom is 0.257 e. The molecule has 0 bridgehead atoms. The van der Waals surface area contributed by atoms with Gasteiger partial charge in [-0.3, -0.25) is 4.79 Å². The number of rotatable bonds is 2.